The Morgan fingerprint density at radius 3 is 1.54 bits per heavy atom. The molecule has 13 heavy (non-hydrogen) atoms. The summed E-state index contributed by atoms with van der Waals surface area (Å²) in [7, 11) is 11.7. The molecule has 0 aliphatic rings. The topological polar surface area (TPSA) is 18.5 Å². The summed E-state index contributed by atoms with van der Waals surface area (Å²) in [5, 5.41) is 0. The van der Waals surface area contributed by atoms with Crippen LogP contribution in [0, 0.1) is 0 Å². The Morgan fingerprint density at radius 2 is 1.31 bits per heavy atom. The van der Waals surface area contributed by atoms with Gasteiger partial charge in [-0.3, -0.25) is 0 Å². The molecule has 2 atom stereocenters. The van der Waals surface area contributed by atoms with Gasteiger partial charge in [-0.25, -0.2) is 0 Å². The standard InChI is InChI=1S/2C3H6ClO.2ClH.Zr/c2*1-2-3(4)5;;;/h2*3H,2H2,1H3;2*1H;/q2*-1;;;+4/p-2. The monoisotopic (exact) mass is 346 g/mol. The van der Waals surface area contributed by atoms with E-state index < -0.39 is 29.9 Å². The van der Waals surface area contributed by atoms with Crippen LogP contribution in [0.25, 0.3) is 0 Å². The first-order chi connectivity index (χ1) is 5.91. The van der Waals surface area contributed by atoms with Crippen molar-refractivity contribution in [2.75, 3.05) is 0 Å². The molecule has 0 aliphatic carbocycles. The fraction of sp³-hybridized carbons (Fsp3) is 1.00. The van der Waals surface area contributed by atoms with E-state index in [0.29, 0.717) is 12.8 Å². The van der Waals surface area contributed by atoms with Crippen LogP contribution in [0.5, 0.6) is 0 Å². The number of hydrogen-bond acceptors (Lipinski definition) is 2. The van der Waals surface area contributed by atoms with E-state index in [1.165, 1.54) is 0 Å². The van der Waals surface area contributed by atoms with E-state index in [-0.39, 0.29) is 0 Å². The molecule has 2 unspecified atom stereocenters. The summed E-state index contributed by atoms with van der Waals surface area (Å²) in [5.74, 6) is 0. The fourth-order valence-corrected chi connectivity index (χ4v) is 8.02. The van der Waals surface area contributed by atoms with Crippen molar-refractivity contribution in [3.63, 3.8) is 0 Å². The van der Waals surface area contributed by atoms with Crippen LogP contribution in [0.3, 0.4) is 0 Å². The maximum absolute atomic E-state index is 5.85. The van der Waals surface area contributed by atoms with Crippen LogP contribution < -0.4 is 0 Å². The zero-order valence-corrected chi connectivity index (χ0v) is 12.9. The SMILES string of the molecule is CCC(Cl)[O][Zr]([Cl])([Cl])[O]C(Cl)CC. The van der Waals surface area contributed by atoms with Gasteiger partial charge >= 0.3 is 102 Å². The Morgan fingerprint density at radius 1 is 1.00 bits per heavy atom. The molecule has 0 aromatic heterocycles. The van der Waals surface area contributed by atoms with Crippen LogP contribution in [0.1, 0.15) is 26.7 Å². The summed E-state index contributed by atoms with van der Waals surface area (Å²) in [6, 6.07) is 0. The molecule has 0 saturated carbocycles. The molecule has 0 spiro atoms. The predicted octanol–water partition coefficient (Wildman–Crippen LogP) is 4.26. The van der Waals surface area contributed by atoms with E-state index >= 15 is 0 Å². The molecular formula is C6H12Cl4O2Zr. The van der Waals surface area contributed by atoms with Gasteiger partial charge in [0.25, 0.3) is 0 Å². The molecule has 0 aromatic carbocycles. The molecule has 7 heteroatoms. The van der Waals surface area contributed by atoms with Gasteiger partial charge in [-0.1, -0.05) is 0 Å². The van der Waals surface area contributed by atoms with Crippen LogP contribution in [-0.4, -0.2) is 11.1 Å². The summed E-state index contributed by atoms with van der Waals surface area (Å²) < 4.78 is 10.3. The average molecular weight is 349 g/mol. The fourth-order valence-electron chi connectivity index (χ4n) is 0.492. The van der Waals surface area contributed by atoms with Gasteiger partial charge in [0, 0.05) is 0 Å². The molecule has 0 aliphatic heterocycles. The summed E-state index contributed by atoms with van der Waals surface area (Å²) in [4.78, 5) is 0. The molecular weight excluding hydrogens is 337 g/mol. The second-order valence-electron chi connectivity index (χ2n) is 2.34. The molecule has 80 valence electrons. The third-order valence-electron chi connectivity index (χ3n) is 1.17. The normalized spacial score (nSPS) is 17.1. The first-order valence-electron chi connectivity index (χ1n) is 3.92. The molecule has 0 aromatic rings. The van der Waals surface area contributed by atoms with E-state index in [9.17, 15) is 0 Å². The Bertz CT molecular complexity index is 133. The third-order valence-corrected chi connectivity index (χ3v) is 7.56. The van der Waals surface area contributed by atoms with Gasteiger partial charge in [0.2, 0.25) is 0 Å². The van der Waals surface area contributed by atoms with Crippen molar-refractivity contribution in [1.29, 1.82) is 0 Å². The van der Waals surface area contributed by atoms with Crippen molar-refractivity contribution < 1.29 is 24.4 Å². The Balaban J connectivity index is 3.92. The van der Waals surface area contributed by atoms with Crippen LogP contribution in [0.2, 0.25) is 0 Å². The number of alkyl halides is 2. The zero-order chi connectivity index (χ0) is 10.5. The third kappa shape index (κ3) is 7.84. The molecule has 0 amide bonds. The predicted molar refractivity (Wildman–Crippen MR) is 53.7 cm³/mol. The van der Waals surface area contributed by atoms with E-state index in [1.807, 2.05) is 13.8 Å². The van der Waals surface area contributed by atoms with E-state index in [2.05, 4.69) is 0 Å². The maximum atomic E-state index is 5.85. The van der Waals surface area contributed by atoms with Crippen LogP contribution in [0.4, 0.5) is 0 Å². The Hall–Kier alpha value is 1.96. The van der Waals surface area contributed by atoms with Crippen molar-refractivity contribution in [2.24, 2.45) is 0 Å². The summed E-state index contributed by atoms with van der Waals surface area (Å²) in [6.45, 7) is 3.73. The molecule has 0 rings (SSSR count). The van der Waals surface area contributed by atoms with Crippen LogP contribution >= 0.6 is 40.2 Å². The van der Waals surface area contributed by atoms with E-state index in [4.69, 9.17) is 45.9 Å². The Labute approximate surface area is 102 Å². The molecule has 2 nitrogen and oxygen atoms in total. The summed E-state index contributed by atoms with van der Waals surface area (Å²) >= 11 is 7.51. The van der Waals surface area contributed by atoms with Gasteiger partial charge in [-0.2, -0.15) is 0 Å². The van der Waals surface area contributed by atoms with Gasteiger partial charge in [-0.15, -0.1) is 0 Å². The Kier molecular flexibility index (Phi) is 8.37. The van der Waals surface area contributed by atoms with E-state index in [0.717, 1.165) is 0 Å². The van der Waals surface area contributed by atoms with Gasteiger partial charge in [0.15, 0.2) is 0 Å². The zero-order valence-electron chi connectivity index (χ0n) is 7.40. The molecule has 0 radical (unpaired) electrons. The quantitative estimate of drug-likeness (QED) is 0.667. The minimum atomic E-state index is -3.92. The van der Waals surface area contributed by atoms with Gasteiger partial charge < -0.3 is 0 Å². The molecule has 0 fully saturated rings. The van der Waals surface area contributed by atoms with Crippen molar-refractivity contribution in [2.45, 2.75) is 37.8 Å². The van der Waals surface area contributed by atoms with E-state index in [1.54, 1.807) is 0 Å². The van der Waals surface area contributed by atoms with Gasteiger partial charge in [-0.05, 0) is 0 Å². The number of halogens is 4. The second kappa shape index (κ2) is 7.27. The number of hydrogen-bond donors (Lipinski definition) is 0. The second-order valence-corrected chi connectivity index (χ2v) is 13.8. The molecule has 0 heterocycles. The summed E-state index contributed by atoms with van der Waals surface area (Å²) in [6.07, 6.45) is 1.25. The molecule has 0 saturated heterocycles. The van der Waals surface area contributed by atoms with Crippen molar-refractivity contribution >= 4 is 40.2 Å². The molecule has 0 N–H and O–H groups in total. The average Bonchev–Trinajstić information content (AvgIpc) is 2.02. The van der Waals surface area contributed by atoms with Crippen LogP contribution in [-0.2, 0) is 24.4 Å². The molecule has 0 bridgehead atoms. The van der Waals surface area contributed by atoms with Gasteiger partial charge in [0.05, 0.1) is 0 Å². The van der Waals surface area contributed by atoms with Crippen molar-refractivity contribution in [3.05, 3.63) is 0 Å². The van der Waals surface area contributed by atoms with Crippen LogP contribution in [0.15, 0.2) is 0 Å². The summed E-state index contributed by atoms with van der Waals surface area (Å²) in [5.41, 5.74) is -0.988. The van der Waals surface area contributed by atoms with Crippen molar-refractivity contribution in [1.82, 2.24) is 0 Å². The first-order valence-corrected chi connectivity index (χ1v) is 13.1. The first kappa shape index (κ1) is 15.0. The van der Waals surface area contributed by atoms with Gasteiger partial charge in [0.1, 0.15) is 0 Å². The number of rotatable bonds is 6. The minimum absolute atomic E-state index is 0.494. The van der Waals surface area contributed by atoms with Crippen molar-refractivity contribution in [3.8, 4) is 0 Å².